The third-order valence-corrected chi connectivity index (χ3v) is 2.59. The Morgan fingerprint density at radius 3 is 2.71 bits per heavy atom. The van der Waals surface area contributed by atoms with E-state index in [1.807, 2.05) is 0 Å². The Morgan fingerprint density at radius 1 is 1.41 bits per heavy atom. The van der Waals surface area contributed by atoms with Crippen LogP contribution in [0.3, 0.4) is 0 Å². The van der Waals surface area contributed by atoms with Gasteiger partial charge < -0.3 is 14.7 Å². The van der Waals surface area contributed by atoms with Crippen LogP contribution >= 0.6 is 11.6 Å². The van der Waals surface area contributed by atoms with Gasteiger partial charge in [0.25, 0.3) is 0 Å². The SMILES string of the molecule is Cc1cc(O)c(Cl)c(-c2cc(C(=O)O)no2)c1. The molecule has 0 saturated heterocycles. The predicted molar refractivity (Wildman–Crippen MR) is 60.3 cm³/mol. The number of hydrogen-bond acceptors (Lipinski definition) is 4. The molecule has 2 N–H and O–H groups in total. The number of aryl methyl sites for hydroxylation is 1. The number of carboxylic acids is 1. The number of nitrogens with zero attached hydrogens (tertiary/aromatic N) is 1. The number of carboxylic acid groups (broad SMARTS) is 1. The molecule has 0 amide bonds. The van der Waals surface area contributed by atoms with Gasteiger partial charge in [-0.25, -0.2) is 4.79 Å². The molecule has 1 aromatic carbocycles. The molecule has 0 saturated carbocycles. The standard InChI is InChI=1S/C11H8ClNO4/c1-5-2-6(10(12)8(14)3-5)9-4-7(11(15)16)13-17-9/h2-4,14H,1H3,(H,15,16). The summed E-state index contributed by atoms with van der Waals surface area (Å²) in [6.45, 7) is 1.77. The van der Waals surface area contributed by atoms with Crippen LogP contribution in [0, 0.1) is 6.92 Å². The van der Waals surface area contributed by atoms with Crippen molar-refractivity contribution in [3.05, 3.63) is 34.5 Å². The van der Waals surface area contributed by atoms with Crippen molar-refractivity contribution in [1.29, 1.82) is 0 Å². The van der Waals surface area contributed by atoms with E-state index in [0.29, 0.717) is 5.56 Å². The summed E-state index contributed by atoms with van der Waals surface area (Å²) in [6.07, 6.45) is 0. The monoisotopic (exact) mass is 253 g/mol. The largest absolute Gasteiger partial charge is 0.506 e. The van der Waals surface area contributed by atoms with Crippen LogP contribution in [0.4, 0.5) is 0 Å². The highest BCUT2D eigenvalue weighted by Crippen LogP contribution is 2.36. The Morgan fingerprint density at radius 2 is 2.12 bits per heavy atom. The van der Waals surface area contributed by atoms with Gasteiger partial charge in [0, 0.05) is 11.6 Å². The van der Waals surface area contributed by atoms with E-state index in [1.165, 1.54) is 12.1 Å². The normalized spacial score (nSPS) is 10.5. The first-order valence-electron chi connectivity index (χ1n) is 4.68. The second-order valence-corrected chi connectivity index (χ2v) is 3.91. The van der Waals surface area contributed by atoms with Gasteiger partial charge in [-0.05, 0) is 24.6 Å². The van der Waals surface area contributed by atoms with Gasteiger partial charge in [-0.1, -0.05) is 16.8 Å². The summed E-state index contributed by atoms with van der Waals surface area (Å²) in [5, 5.41) is 21.7. The van der Waals surface area contributed by atoms with Gasteiger partial charge in [0.15, 0.2) is 11.5 Å². The molecule has 88 valence electrons. The molecule has 0 aliphatic carbocycles. The van der Waals surface area contributed by atoms with E-state index >= 15 is 0 Å². The minimum atomic E-state index is -1.19. The van der Waals surface area contributed by atoms with Crippen molar-refractivity contribution >= 4 is 17.6 Å². The minimum absolute atomic E-state index is 0.0880. The summed E-state index contributed by atoms with van der Waals surface area (Å²) in [6, 6.07) is 4.43. The van der Waals surface area contributed by atoms with Gasteiger partial charge in [0.05, 0.1) is 5.02 Å². The maximum atomic E-state index is 10.7. The molecular weight excluding hydrogens is 246 g/mol. The molecule has 0 spiro atoms. The molecule has 0 radical (unpaired) electrons. The molecule has 1 heterocycles. The van der Waals surface area contributed by atoms with Crippen molar-refractivity contribution in [3.8, 4) is 17.1 Å². The number of phenols is 1. The van der Waals surface area contributed by atoms with Crippen molar-refractivity contribution < 1.29 is 19.5 Å². The van der Waals surface area contributed by atoms with E-state index in [0.717, 1.165) is 5.56 Å². The zero-order valence-electron chi connectivity index (χ0n) is 8.77. The zero-order chi connectivity index (χ0) is 12.6. The molecule has 1 aromatic heterocycles. The maximum absolute atomic E-state index is 10.7. The molecule has 0 aliphatic heterocycles. The molecular formula is C11H8ClNO4. The quantitative estimate of drug-likeness (QED) is 0.860. The van der Waals surface area contributed by atoms with E-state index in [-0.39, 0.29) is 22.2 Å². The average Bonchev–Trinajstić information content (AvgIpc) is 2.72. The molecule has 0 unspecified atom stereocenters. The zero-order valence-corrected chi connectivity index (χ0v) is 9.52. The second-order valence-electron chi connectivity index (χ2n) is 3.53. The van der Waals surface area contributed by atoms with Gasteiger partial charge >= 0.3 is 5.97 Å². The number of aromatic carboxylic acids is 1. The van der Waals surface area contributed by atoms with Gasteiger partial charge in [-0.15, -0.1) is 0 Å². The van der Waals surface area contributed by atoms with Crippen LogP contribution < -0.4 is 0 Å². The molecule has 2 aromatic rings. The molecule has 5 nitrogen and oxygen atoms in total. The van der Waals surface area contributed by atoms with Crippen molar-refractivity contribution in [2.24, 2.45) is 0 Å². The Labute approximate surface area is 101 Å². The van der Waals surface area contributed by atoms with Gasteiger partial charge in [0.2, 0.25) is 0 Å². The van der Waals surface area contributed by atoms with E-state index < -0.39 is 5.97 Å². The summed E-state index contributed by atoms with van der Waals surface area (Å²) in [7, 11) is 0. The Bertz CT molecular complexity index is 591. The third-order valence-electron chi connectivity index (χ3n) is 2.19. The van der Waals surface area contributed by atoms with Crippen LogP contribution in [-0.2, 0) is 0 Å². The molecule has 17 heavy (non-hydrogen) atoms. The van der Waals surface area contributed by atoms with Crippen molar-refractivity contribution in [3.63, 3.8) is 0 Å². The summed E-state index contributed by atoms with van der Waals surface area (Å²) < 4.78 is 4.88. The second kappa shape index (κ2) is 4.10. The Hall–Kier alpha value is -2.01. The Balaban J connectivity index is 2.56. The number of aromatic nitrogens is 1. The van der Waals surface area contributed by atoms with Crippen LogP contribution in [0.15, 0.2) is 22.7 Å². The predicted octanol–water partition coefficient (Wildman–Crippen LogP) is 2.71. The molecule has 0 atom stereocenters. The Kier molecular flexibility index (Phi) is 2.77. The minimum Gasteiger partial charge on any atom is -0.506 e. The van der Waals surface area contributed by atoms with E-state index in [1.54, 1.807) is 13.0 Å². The highest BCUT2D eigenvalue weighted by atomic mass is 35.5. The summed E-state index contributed by atoms with van der Waals surface area (Å²) in [5.74, 6) is -1.07. The topological polar surface area (TPSA) is 83.6 Å². The first-order chi connectivity index (χ1) is 7.99. The van der Waals surface area contributed by atoms with Crippen LogP contribution in [0.25, 0.3) is 11.3 Å². The fourth-order valence-corrected chi connectivity index (χ4v) is 1.63. The average molecular weight is 254 g/mol. The molecule has 0 fully saturated rings. The van der Waals surface area contributed by atoms with Crippen LogP contribution in [0.1, 0.15) is 16.1 Å². The molecule has 0 aliphatic rings. The van der Waals surface area contributed by atoms with Gasteiger partial charge in [0.1, 0.15) is 5.75 Å². The van der Waals surface area contributed by atoms with E-state index in [4.69, 9.17) is 21.2 Å². The van der Waals surface area contributed by atoms with E-state index in [2.05, 4.69) is 5.16 Å². The summed E-state index contributed by atoms with van der Waals surface area (Å²) in [5.41, 5.74) is 0.969. The van der Waals surface area contributed by atoms with Crippen LogP contribution in [0.2, 0.25) is 5.02 Å². The lowest BCUT2D eigenvalue weighted by molar-refractivity contribution is 0.0686. The number of halogens is 1. The maximum Gasteiger partial charge on any atom is 0.358 e. The first kappa shape index (κ1) is 11.5. The molecule has 6 heteroatoms. The molecule has 0 bridgehead atoms. The lowest BCUT2D eigenvalue weighted by Crippen LogP contribution is -1.94. The lowest BCUT2D eigenvalue weighted by Gasteiger charge is -2.03. The number of hydrogen-bond donors (Lipinski definition) is 2. The fourth-order valence-electron chi connectivity index (χ4n) is 1.43. The summed E-state index contributed by atoms with van der Waals surface area (Å²) >= 11 is 5.90. The van der Waals surface area contributed by atoms with Crippen LogP contribution in [0.5, 0.6) is 5.75 Å². The van der Waals surface area contributed by atoms with Gasteiger partial charge in [-0.2, -0.15) is 0 Å². The third kappa shape index (κ3) is 2.09. The number of carbonyl (C=O) groups is 1. The highest BCUT2D eigenvalue weighted by molar-refractivity contribution is 6.34. The smallest absolute Gasteiger partial charge is 0.358 e. The van der Waals surface area contributed by atoms with Crippen molar-refractivity contribution in [1.82, 2.24) is 5.16 Å². The number of benzene rings is 1. The summed E-state index contributed by atoms with van der Waals surface area (Å²) in [4.78, 5) is 10.7. The fraction of sp³-hybridized carbons (Fsp3) is 0.0909. The van der Waals surface area contributed by atoms with Crippen LogP contribution in [-0.4, -0.2) is 21.3 Å². The van der Waals surface area contributed by atoms with Crippen molar-refractivity contribution in [2.75, 3.05) is 0 Å². The van der Waals surface area contributed by atoms with Gasteiger partial charge in [-0.3, -0.25) is 0 Å². The lowest BCUT2D eigenvalue weighted by atomic mass is 10.1. The number of aromatic hydroxyl groups is 1. The molecule has 2 rings (SSSR count). The van der Waals surface area contributed by atoms with Crippen molar-refractivity contribution in [2.45, 2.75) is 6.92 Å². The van der Waals surface area contributed by atoms with E-state index in [9.17, 15) is 9.90 Å². The number of rotatable bonds is 2. The highest BCUT2D eigenvalue weighted by Gasteiger charge is 2.16. The number of phenolic OH excluding ortho intramolecular Hbond substituents is 1. The first-order valence-corrected chi connectivity index (χ1v) is 5.06.